The number of carbonyl (C=O) groups is 1. The summed E-state index contributed by atoms with van der Waals surface area (Å²) in [5, 5.41) is 3.30. The monoisotopic (exact) mass is 478 g/mol. The minimum Gasteiger partial charge on any atom is -0.492 e. The van der Waals surface area contributed by atoms with Crippen LogP contribution in [-0.2, 0) is 21.2 Å². The van der Waals surface area contributed by atoms with Crippen molar-refractivity contribution in [2.24, 2.45) is 5.92 Å². The fraction of sp³-hybridized carbons (Fsp3) is 0.458. The Morgan fingerprint density at radius 1 is 1.12 bits per heavy atom. The molecule has 0 saturated carbocycles. The number of nitrogens with one attached hydrogen (secondary N) is 1. The molecule has 174 valence electrons. The number of nitrogens with zero attached hydrogens (tertiary/aromatic N) is 1. The molecule has 0 aliphatic carbocycles. The number of hydrogen-bond acceptors (Lipinski definition) is 4. The quantitative estimate of drug-likeness (QED) is 0.542. The van der Waals surface area contributed by atoms with E-state index in [1.165, 1.54) is 15.9 Å². The zero-order chi connectivity index (χ0) is 23.1. The fourth-order valence-corrected chi connectivity index (χ4v) is 5.70. The topological polar surface area (TPSA) is 75.7 Å². The lowest BCUT2D eigenvalue weighted by molar-refractivity contribution is -0.120. The van der Waals surface area contributed by atoms with Gasteiger partial charge in [-0.25, -0.2) is 8.42 Å². The van der Waals surface area contributed by atoms with E-state index in [2.05, 4.69) is 12.2 Å². The van der Waals surface area contributed by atoms with Crippen molar-refractivity contribution in [3.05, 3.63) is 53.1 Å². The molecule has 6 nitrogen and oxygen atoms in total. The Bertz CT molecular complexity index is 1020. The fourth-order valence-electron chi connectivity index (χ4n) is 3.84. The van der Waals surface area contributed by atoms with E-state index in [1.807, 2.05) is 24.3 Å². The molecule has 1 heterocycles. The number of amides is 1. The van der Waals surface area contributed by atoms with Crippen molar-refractivity contribution in [2.75, 3.05) is 25.0 Å². The number of piperidine rings is 1. The lowest BCUT2D eigenvalue weighted by Crippen LogP contribution is -2.41. The summed E-state index contributed by atoms with van der Waals surface area (Å²) in [5.74, 6) is -0.00721. The van der Waals surface area contributed by atoms with Gasteiger partial charge < -0.3 is 10.1 Å². The third-order valence-electron chi connectivity index (χ3n) is 5.69. The van der Waals surface area contributed by atoms with E-state index in [-0.39, 0.29) is 29.8 Å². The van der Waals surface area contributed by atoms with E-state index in [9.17, 15) is 13.2 Å². The number of aryl methyl sites for hydroxylation is 1. The van der Waals surface area contributed by atoms with Crippen LogP contribution in [0.5, 0.6) is 5.75 Å². The molecule has 2 aromatic carbocycles. The van der Waals surface area contributed by atoms with Crippen molar-refractivity contribution in [3.63, 3.8) is 0 Å². The number of anilines is 1. The Morgan fingerprint density at radius 2 is 1.81 bits per heavy atom. The van der Waals surface area contributed by atoms with Crippen LogP contribution in [0.2, 0.25) is 5.02 Å². The lowest BCUT2D eigenvalue weighted by Gasteiger charge is -2.31. The maximum Gasteiger partial charge on any atom is 0.246 e. The maximum absolute atomic E-state index is 13.2. The molecule has 1 saturated heterocycles. The number of carbonyl (C=O) groups excluding carboxylic acids is 1. The normalized spacial score (nSPS) is 15.5. The summed E-state index contributed by atoms with van der Waals surface area (Å²) in [5.41, 5.74) is 2.03. The van der Waals surface area contributed by atoms with Crippen LogP contribution >= 0.6 is 11.6 Å². The van der Waals surface area contributed by atoms with Gasteiger partial charge in [0.2, 0.25) is 15.9 Å². The van der Waals surface area contributed by atoms with Crippen molar-refractivity contribution >= 4 is 33.2 Å². The highest BCUT2D eigenvalue weighted by Crippen LogP contribution is 2.32. The Kier molecular flexibility index (Phi) is 8.57. The number of unbranched alkanes of at least 4 members (excludes halogenated alkanes) is 1. The van der Waals surface area contributed by atoms with Gasteiger partial charge in [-0.1, -0.05) is 37.1 Å². The van der Waals surface area contributed by atoms with Crippen molar-refractivity contribution in [3.8, 4) is 5.75 Å². The first-order chi connectivity index (χ1) is 15.3. The Labute approximate surface area is 196 Å². The van der Waals surface area contributed by atoms with Gasteiger partial charge in [0, 0.05) is 29.7 Å². The van der Waals surface area contributed by atoms with Gasteiger partial charge >= 0.3 is 0 Å². The summed E-state index contributed by atoms with van der Waals surface area (Å²) >= 11 is 6.05. The first-order valence-electron chi connectivity index (χ1n) is 11.2. The summed E-state index contributed by atoms with van der Waals surface area (Å²) < 4.78 is 33.3. The summed E-state index contributed by atoms with van der Waals surface area (Å²) in [6.07, 6.45) is 4.26. The molecule has 1 aliphatic rings. The van der Waals surface area contributed by atoms with Crippen LogP contribution in [0.1, 0.15) is 45.1 Å². The molecule has 32 heavy (non-hydrogen) atoms. The molecule has 0 spiro atoms. The van der Waals surface area contributed by atoms with Crippen LogP contribution in [0.4, 0.5) is 5.69 Å². The molecular weight excluding hydrogens is 448 g/mol. The molecule has 1 amide bonds. The minimum absolute atomic E-state index is 0.0675. The largest absolute Gasteiger partial charge is 0.492 e. The van der Waals surface area contributed by atoms with E-state index in [0.29, 0.717) is 30.2 Å². The number of halogens is 1. The second-order valence-corrected chi connectivity index (χ2v) is 10.3. The third kappa shape index (κ3) is 6.03. The van der Waals surface area contributed by atoms with Crippen LogP contribution in [-0.4, -0.2) is 38.3 Å². The number of sulfonamides is 1. The first-order valence-corrected chi connectivity index (χ1v) is 13.0. The second-order valence-electron chi connectivity index (χ2n) is 7.99. The predicted molar refractivity (Wildman–Crippen MR) is 128 cm³/mol. The average Bonchev–Trinajstić information content (AvgIpc) is 2.80. The number of hydrogen-bond donors (Lipinski definition) is 1. The number of benzene rings is 2. The van der Waals surface area contributed by atoms with E-state index >= 15 is 0 Å². The van der Waals surface area contributed by atoms with Crippen molar-refractivity contribution in [2.45, 2.75) is 50.8 Å². The van der Waals surface area contributed by atoms with E-state index in [0.717, 1.165) is 24.9 Å². The summed E-state index contributed by atoms with van der Waals surface area (Å²) in [6.45, 7) is 4.86. The molecule has 3 rings (SSSR count). The highest BCUT2D eigenvalue weighted by atomic mass is 35.5. The van der Waals surface area contributed by atoms with Crippen LogP contribution in [0.3, 0.4) is 0 Å². The van der Waals surface area contributed by atoms with Crippen LogP contribution < -0.4 is 10.1 Å². The molecule has 2 aromatic rings. The summed E-state index contributed by atoms with van der Waals surface area (Å²) in [7, 11) is -3.77. The molecular formula is C24H31ClN2O4S. The SMILES string of the molecule is CCCCc1ccc(NC(=O)C2CCN(S(=O)(=O)c3cc(Cl)ccc3OCC)CC2)cc1. The van der Waals surface area contributed by atoms with Gasteiger partial charge in [-0.2, -0.15) is 4.31 Å². The lowest BCUT2D eigenvalue weighted by atomic mass is 9.97. The van der Waals surface area contributed by atoms with Gasteiger partial charge in [0.1, 0.15) is 10.6 Å². The standard InChI is InChI=1S/C24H31ClN2O4S/c1-3-5-6-18-7-10-21(11-8-18)26-24(28)19-13-15-27(16-14-19)32(29,30)23-17-20(25)9-12-22(23)31-4-2/h7-12,17,19H,3-6,13-16H2,1-2H3,(H,26,28). The molecule has 0 unspecified atom stereocenters. The zero-order valence-corrected chi connectivity index (χ0v) is 20.2. The van der Waals surface area contributed by atoms with Crippen molar-refractivity contribution in [1.82, 2.24) is 4.31 Å². The van der Waals surface area contributed by atoms with Crippen molar-refractivity contribution in [1.29, 1.82) is 0 Å². The van der Waals surface area contributed by atoms with Gasteiger partial charge in [0.15, 0.2) is 0 Å². The Morgan fingerprint density at radius 3 is 2.44 bits per heavy atom. The minimum atomic E-state index is -3.77. The van der Waals surface area contributed by atoms with Crippen LogP contribution in [0.25, 0.3) is 0 Å². The van der Waals surface area contributed by atoms with Gasteiger partial charge in [0.05, 0.1) is 6.61 Å². The Balaban J connectivity index is 1.61. The molecule has 0 aromatic heterocycles. The number of rotatable bonds is 9. The van der Waals surface area contributed by atoms with Crippen molar-refractivity contribution < 1.29 is 17.9 Å². The van der Waals surface area contributed by atoms with E-state index in [4.69, 9.17) is 16.3 Å². The second kappa shape index (κ2) is 11.2. The van der Waals surface area contributed by atoms with E-state index < -0.39 is 10.0 Å². The van der Waals surface area contributed by atoms with Gasteiger partial charge in [-0.05, 0) is 68.5 Å². The van der Waals surface area contributed by atoms with E-state index in [1.54, 1.807) is 19.1 Å². The highest BCUT2D eigenvalue weighted by Gasteiger charge is 2.34. The maximum atomic E-state index is 13.2. The highest BCUT2D eigenvalue weighted by molar-refractivity contribution is 7.89. The molecule has 0 atom stereocenters. The molecule has 1 aliphatic heterocycles. The van der Waals surface area contributed by atoms with Gasteiger partial charge in [-0.15, -0.1) is 0 Å². The smallest absolute Gasteiger partial charge is 0.246 e. The van der Waals surface area contributed by atoms with Crippen LogP contribution in [0.15, 0.2) is 47.4 Å². The van der Waals surface area contributed by atoms with Gasteiger partial charge in [0.25, 0.3) is 0 Å². The molecule has 1 N–H and O–H groups in total. The number of ether oxygens (including phenoxy) is 1. The average molecular weight is 479 g/mol. The predicted octanol–water partition coefficient (Wildman–Crippen LogP) is 5.12. The molecule has 0 radical (unpaired) electrons. The Hall–Kier alpha value is -2.09. The van der Waals surface area contributed by atoms with Crippen LogP contribution in [0, 0.1) is 5.92 Å². The zero-order valence-electron chi connectivity index (χ0n) is 18.6. The summed E-state index contributed by atoms with van der Waals surface area (Å²) in [6, 6.07) is 12.5. The molecule has 1 fully saturated rings. The first kappa shape index (κ1) is 24.6. The summed E-state index contributed by atoms with van der Waals surface area (Å²) in [4.78, 5) is 12.8. The van der Waals surface area contributed by atoms with Gasteiger partial charge in [-0.3, -0.25) is 4.79 Å². The molecule has 0 bridgehead atoms. The third-order valence-corrected chi connectivity index (χ3v) is 7.84. The molecule has 8 heteroatoms.